The highest BCUT2D eigenvalue weighted by molar-refractivity contribution is 7.88. The summed E-state index contributed by atoms with van der Waals surface area (Å²) in [4.78, 5) is 14.6. The number of hydrogen-bond donors (Lipinski definition) is 0. The van der Waals surface area contributed by atoms with Crippen LogP contribution in [0.3, 0.4) is 0 Å². The van der Waals surface area contributed by atoms with E-state index >= 15 is 0 Å². The second-order valence-corrected chi connectivity index (χ2v) is 8.13. The summed E-state index contributed by atoms with van der Waals surface area (Å²) in [5, 5.41) is 0. The van der Waals surface area contributed by atoms with Crippen molar-refractivity contribution in [2.75, 3.05) is 33.0 Å². The van der Waals surface area contributed by atoms with E-state index in [9.17, 15) is 13.2 Å². The number of amides is 1. The molecule has 0 spiro atoms. The topological polar surface area (TPSA) is 80.1 Å². The highest BCUT2D eigenvalue weighted by Crippen LogP contribution is 2.27. The highest BCUT2D eigenvalue weighted by atomic mass is 32.2. The minimum atomic E-state index is -3.46. The van der Waals surface area contributed by atoms with E-state index in [1.54, 1.807) is 11.2 Å². The Morgan fingerprint density at radius 2 is 2.21 bits per heavy atom. The molecule has 0 unspecified atom stereocenters. The van der Waals surface area contributed by atoms with Crippen LogP contribution in [0.4, 0.5) is 0 Å². The van der Waals surface area contributed by atoms with Crippen LogP contribution in [0.25, 0.3) is 5.57 Å². The lowest BCUT2D eigenvalue weighted by molar-refractivity contribution is -0.134. The lowest BCUT2D eigenvalue weighted by Gasteiger charge is -2.31. The zero-order valence-corrected chi connectivity index (χ0v) is 14.7. The maximum atomic E-state index is 12.9. The average molecular weight is 354 g/mol. The molecule has 3 heterocycles. The standard InChI is InChI=1S/C16H22N2O5S/c1-22-13-9-14(18(11-13)24(2,20)21)16(19)17-7-3-5-12(10-17)15-6-4-8-23-15/h4-6,8,13-14H,3,7,9-11H2,1-2H3/t13-,14+/m0/s1. The van der Waals surface area contributed by atoms with Gasteiger partial charge in [-0.2, -0.15) is 4.31 Å². The molecule has 1 aromatic heterocycles. The van der Waals surface area contributed by atoms with Gasteiger partial charge in [0.1, 0.15) is 11.8 Å². The lowest BCUT2D eigenvalue weighted by atomic mass is 10.1. The molecule has 8 heteroatoms. The van der Waals surface area contributed by atoms with E-state index in [0.717, 1.165) is 24.0 Å². The highest BCUT2D eigenvalue weighted by Gasteiger charge is 2.43. The monoisotopic (exact) mass is 354 g/mol. The van der Waals surface area contributed by atoms with Crippen molar-refractivity contribution in [3.05, 3.63) is 30.2 Å². The van der Waals surface area contributed by atoms with Gasteiger partial charge in [0.15, 0.2) is 0 Å². The predicted octanol–water partition coefficient (Wildman–Crippen LogP) is 0.944. The largest absolute Gasteiger partial charge is 0.465 e. The van der Waals surface area contributed by atoms with E-state index < -0.39 is 16.1 Å². The van der Waals surface area contributed by atoms with E-state index in [1.807, 2.05) is 12.1 Å². The van der Waals surface area contributed by atoms with Gasteiger partial charge in [-0.15, -0.1) is 0 Å². The molecule has 3 rings (SSSR count). The number of carbonyl (C=O) groups excluding carboxylic acids is 1. The molecule has 132 valence electrons. The summed E-state index contributed by atoms with van der Waals surface area (Å²) in [6, 6.07) is 2.97. The second kappa shape index (κ2) is 6.70. The molecule has 0 radical (unpaired) electrons. The van der Waals surface area contributed by atoms with Crippen LogP contribution in [-0.2, 0) is 19.6 Å². The Hall–Kier alpha value is -1.64. The summed E-state index contributed by atoms with van der Waals surface area (Å²) >= 11 is 0. The SMILES string of the molecule is CO[C@H]1C[C@H](C(=O)N2CCC=C(c3ccco3)C2)N(S(C)(=O)=O)C1. The smallest absolute Gasteiger partial charge is 0.241 e. The molecule has 0 saturated carbocycles. The van der Waals surface area contributed by atoms with Crippen LogP contribution < -0.4 is 0 Å². The summed E-state index contributed by atoms with van der Waals surface area (Å²) in [6.07, 6.45) is 5.65. The van der Waals surface area contributed by atoms with Crippen molar-refractivity contribution >= 4 is 21.5 Å². The zero-order valence-electron chi connectivity index (χ0n) is 13.8. The first kappa shape index (κ1) is 17.2. The molecule has 24 heavy (non-hydrogen) atoms. The number of carbonyl (C=O) groups is 1. The molecule has 0 N–H and O–H groups in total. The van der Waals surface area contributed by atoms with Crippen LogP contribution in [0, 0.1) is 0 Å². The summed E-state index contributed by atoms with van der Waals surface area (Å²) in [6.45, 7) is 1.23. The third-order valence-corrected chi connectivity index (χ3v) is 5.82. The molecule has 0 bridgehead atoms. The maximum Gasteiger partial charge on any atom is 0.241 e. The van der Waals surface area contributed by atoms with Crippen LogP contribution in [0.2, 0.25) is 0 Å². The number of ether oxygens (including phenoxy) is 1. The third kappa shape index (κ3) is 3.40. The maximum absolute atomic E-state index is 12.9. The van der Waals surface area contributed by atoms with Crippen molar-refractivity contribution < 1.29 is 22.4 Å². The van der Waals surface area contributed by atoms with Gasteiger partial charge < -0.3 is 14.1 Å². The molecule has 2 atom stereocenters. The van der Waals surface area contributed by atoms with E-state index in [2.05, 4.69) is 6.08 Å². The quantitative estimate of drug-likeness (QED) is 0.804. The van der Waals surface area contributed by atoms with Crippen LogP contribution in [0.1, 0.15) is 18.6 Å². The van der Waals surface area contributed by atoms with Gasteiger partial charge in [-0.1, -0.05) is 6.08 Å². The number of methoxy groups -OCH3 is 1. The zero-order chi connectivity index (χ0) is 17.3. The molecule has 1 aromatic rings. The van der Waals surface area contributed by atoms with E-state index in [1.165, 1.54) is 11.4 Å². The predicted molar refractivity (Wildman–Crippen MR) is 88.6 cm³/mol. The minimum Gasteiger partial charge on any atom is -0.465 e. The second-order valence-electron chi connectivity index (χ2n) is 6.20. The third-order valence-electron chi connectivity index (χ3n) is 4.56. The van der Waals surface area contributed by atoms with Crippen molar-refractivity contribution in [1.29, 1.82) is 0 Å². The molecular formula is C16H22N2O5S. The number of hydrogen-bond acceptors (Lipinski definition) is 5. The van der Waals surface area contributed by atoms with Gasteiger partial charge in [-0.25, -0.2) is 8.42 Å². The van der Waals surface area contributed by atoms with E-state index in [-0.39, 0.29) is 18.6 Å². The fraction of sp³-hybridized carbons (Fsp3) is 0.562. The van der Waals surface area contributed by atoms with Crippen LogP contribution >= 0.6 is 0 Å². The first-order chi connectivity index (χ1) is 11.4. The van der Waals surface area contributed by atoms with Gasteiger partial charge in [0.25, 0.3) is 0 Å². The molecule has 1 saturated heterocycles. The van der Waals surface area contributed by atoms with E-state index in [0.29, 0.717) is 19.5 Å². The van der Waals surface area contributed by atoms with Crippen LogP contribution in [0.15, 0.2) is 28.9 Å². The minimum absolute atomic E-state index is 0.169. The van der Waals surface area contributed by atoms with Gasteiger partial charge in [-0.3, -0.25) is 4.79 Å². The number of rotatable bonds is 4. The fourth-order valence-electron chi connectivity index (χ4n) is 3.31. The van der Waals surface area contributed by atoms with Gasteiger partial charge in [0.05, 0.1) is 18.6 Å². The fourth-order valence-corrected chi connectivity index (χ4v) is 4.39. The molecule has 2 aliphatic rings. The molecular weight excluding hydrogens is 332 g/mol. The molecule has 1 amide bonds. The van der Waals surface area contributed by atoms with Crippen LogP contribution in [-0.4, -0.2) is 68.7 Å². The Kier molecular flexibility index (Phi) is 4.80. The lowest BCUT2D eigenvalue weighted by Crippen LogP contribution is -2.48. The van der Waals surface area contributed by atoms with Crippen molar-refractivity contribution in [3.63, 3.8) is 0 Å². The van der Waals surface area contributed by atoms with Crippen LogP contribution in [0.5, 0.6) is 0 Å². The summed E-state index contributed by atoms with van der Waals surface area (Å²) < 4.78 is 36.0. The Labute approximate surface area is 141 Å². The normalized spacial score (nSPS) is 25.8. The van der Waals surface area contributed by atoms with Gasteiger partial charge in [-0.05, 0) is 18.6 Å². The van der Waals surface area contributed by atoms with Gasteiger partial charge in [0.2, 0.25) is 15.9 Å². The first-order valence-corrected chi connectivity index (χ1v) is 9.76. The molecule has 1 fully saturated rings. The first-order valence-electron chi connectivity index (χ1n) is 7.91. The van der Waals surface area contributed by atoms with Gasteiger partial charge in [0, 0.05) is 38.7 Å². The summed E-state index contributed by atoms with van der Waals surface area (Å²) in [5.41, 5.74) is 0.951. The van der Waals surface area contributed by atoms with Crippen molar-refractivity contribution in [2.45, 2.75) is 25.0 Å². The van der Waals surface area contributed by atoms with Crippen molar-refractivity contribution in [3.8, 4) is 0 Å². The summed E-state index contributed by atoms with van der Waals surface area (Å²) in [7, 11) is -1.92. The molecule has 7 nitrogen and oxygen atoms in total. The Morgan fingerprint density at radius 1 is 1.42 bits per heavy atom. The molecule has 0 aromatic carbocycles. The Balaban J connectivity index is 1.77. The van der Waals surface area contributed by atoms with Crippen molar-refractivity contribution in [1.82, 2.24) is 9.21 Å². The summed E-state index contributed by atoms with van der Waals surface area (Å²) in [5.74, 6) is 0.575. The van der Waals surface area contributed by atoms with Crippen molar-refractivity contribution in [2.24, 2.45) is 0 Å². The number of sulfonamides is 1. The van der Waals surface area contributed by atoms with E-state index in [4.69, 9.17) is 9.15 Å². The Morgan fingerprint density at radius 3 is 2.83 bits per heavy atom. The number of nitrogens with zero attached hydrogens (tertiary/aromatic N) is 2. The number of furan rings is 1. The molecule has 0 aliphatic carbocycles. The molecule has 2 aliphatic heterocycles. The van der Waals surface area contributed by atoms with Gasteiger partial charge >= 0.3 is 0 Å². The average Bonchev–Trinajstić information content (AvgIpc) is 3.23. The Bertz CT molecular complexity index is 726.